The molecule has 12 heteroatoms. The molecule has 10 nitrogen and oxygen atoms in total. The van der Waals surface area contributed by atoms with Gasteiger partial charge in [0.15, 0.2) is 0 Å². The summed E-state index contributed by atoms with van der Waals surface area (Å²) in [5.41, 5.74) is 1.08. The fraction of sp³-hybridized carbons (Fsp3) is 0.538. The number of nitro benzene ring substituents is 1. The maximum Gasteiger partial charge on any atom is 0.269 e. The number of rotatable bonds is 10. The molecule has 0 radical (unpaired) electrons. The van der Waals surface area contributed by atoms with Crippen LogP contribution in [0.4, 0.5) is 11.4 Å². The SMILES string of the molecule is Cc1cc([N+](=O)[O-])ccc1N(CCOS(C)(=O)=O)CCOS(C)(=O)=O. The molecule has 0 amide bonds. The van der Waals surface area contributed by atoms with E-state index in [1.165, 1.54) is 18.2 Å². The zero-order valence-corrected chi connectivity index (χ0v) is 15.7. The molecule has 0 heterocycles. The molecular weight excluding hydrogens is 376 g/mol. The van der Waals surface area contributed by atoms with E-state index in [2.05, 4.69) is 0 Å². The summed E-state index contributed by atoms with van der Waals surface area (Å²) < 4.78 is 53.6. The molecule has 0 aliphatic carbocycles. The quantitative estimate of drug-likeness (QED) is 0.318. The van der Waals surface area contributed by atoms with Gasteiger partial charge in [-0.25, -0.2) is 0 Å². The lowest BCUT2D eigenvalue weighted by Gasteiger charge is -2.25. The Morgan fingerprint density at radius 1 is 1.04 bits per heavy atom. The topological polar surface area (TPSA) is 133 Å². The van der Waals surface area contributed by atoms with Gasteiger partial charge < -0.3 is 4.90 Å². The highest BCUT2D eigenvalue weighted by molar-refractivity contribution is 7.86. The van der Waals surface area contributed by atoms with Crippen LogP contribution in [-0.4, -0.2) is 60.6 Å². The number of benzene rings is 1. The summed E-state index contributed by atoms with van der Waals surface area (Å²) in [6, 6.07) is 4.19. The minimum absolute atomic E-state index is 0.0824. The lowest BCUT2D eigenvalue weighted by atomic mass is 10.1. The van der Waals surface area contributed by atoms with E-state index in [-0.39, 0.29) is 32.0 Å². The van der Waals surface area contributed by atoms with E-state index >= 15 is 0 Å². The molecule has 0 atom stereocenters. The molecule has 0 spiro atoms. The van der Waals surface area contributed by atoms with E-state index in [0.29, 0.717) is 11.3 Å². The van der Waals surface area contributed by atoms with Crippen molar-refractivity contribution in [3.8, 4) is 0 Å². The molecule has 0 N–H and O–H groups in total. The Bertz CT molecular complexity index is 782. The Morgan fingerprint density at radius 2 is 1.52 bits per heavy atom. The first-order valence-corrected chi connectivity index (χ1v) is 10.7. The number of nitrogens with zero attached hydrogens (tertiary/aromatic N) is 2. The average Bonchev–Trinajstić information content (AvgIpc) is 2.43. The molecule has 1 aromatic rings. The van der Waals surface area contributed by atoms with Gasteiger partial charge in [-0.3, -0.25) is 18.5 Å². The van der Waals surface area contributed by atoms with Crippen LogP contribution >= 0.6 is 0 Å². The van der Waals surface area contributed by atoms with Crippen molar-refractivity contribution in [2.75, 3.05) is 43.7 Å². The van der Waals surface area contributed by atoms with E-state index in [9.17, 15) is 26.9 Å². The zero-order chi connectivity index (χ0) is 19.3. The third-order valence-corrected chi connectivity index (χ3v) is 4.24. The van der Waals surface area contributed by atoms with E-state index in [4.69, 9.17) is 8.37 Å². The highest BCUT2D eigenvalue weighted by Crippen LogP contribution is 2.24. The lowest BCUT2D eigenvalue weighted by Crippen LogP contribution is -2.32. The minimum Gasteiger partial charge on any atom is -0.367 e. The van der Waals surface area contributed by atoms with E-state index in [0.717, 1.165) is 12.5 Å². The molecule has 142 valence electrons. The summed E-state index contributed by atoms with van der Waals surface area (Å²) in [6.07, 6.45) is 1.84. The number of non-ortho nitro benzene ring substituents is 1. The van der Waals surface area contributed by atoms with Crippen molar-refractivity contribution in [1.29, 1.82) is 0 Å². The molecule has 0 saturated heterocycles. The standard InChI is InChI=1S/C13H20N2O8S2/c1-11-10-12(15(16)17)4-5-13(11)14(6-8-22-24(2,18)19)7-9-23-25(3,20)21/h4-5,10H,6-9H2,1-3H3. The molecular formula is C13H20N2O8S2. The number of aryl methyl sites for hydroxylation is 1. The van der Waals surface area contributed by atoms with Crippen LogP contribution < -0.4 is 4.90 Å². The van der Waals surface area contributed by atoms with Crippen molar-refractivity contribution in [3.63, 3.8) is 0 Å². The molecule has 0 fully saturated rings. The first-order chi connectivity index (χ1) is 11.4. The highest BCUT2D eigenvalue weighted by Gasteiger charge is 2.15. The fourth-order valence-corrected chi connectivity index (χ4v) is 2.81. The van der Waals surface area contributed by atoms with Crippen LogP contribution in [0.1, 0.15) is 5.56 Å². The second-order valence-corrected chi connectivity index (χ2v) is 8.56. The average molecular weight is 396 g/mol. The summed E-state index contributed by atoms with van der Waals surface area (Å²) >= 11 is 0. The van der Waals surface area contributed by atoms with Crippen molar-refractivity contribution in [3.05, 3.63) is 33.9 Å². The molecule has 0 aliphatic heterocycles. The van der Waals surface area contributed by atoms with Crippen molar-refractivity contribution < 1.29 is 30.1 Å². The van der Waals surface area contributed by atoms with Gasteiger partial charge in [0.05, 0.1) is 30.6 Å². The zero-order valence-electron chi connectivity index (χ0n) is 14.0. The van der Waals surface area contributed by atoms with Crippen LogP contribution in [0.15, 0.2) is 18.2 Å². The van der Waals surface area contributed by atoms with Crippen LogP contribution in [0.3, 0.4) is 0 Å². The van der Waals surface area contributed by atoms with E-state index < -0.39 is 25.2 Å². The summed E-state index contributed by atoms with van der Waals surface area (Å²) in [5, 5.41) is 10.8. The molecule has 1 rings (SSSR count). The Kier molecular flexibility index (Phi) is 7.29. The fourth-order valence-electron chi connectivity index (χ4n) is 2.06. The normalized spacial score (nSPS) is 12.1. The first kappa shape index (κ1) is 21.3. The second kappa shape index (κ2) is 8.56. The van der Waals surface area contributed by atoms with Crippen molar-refractivity contribution in [2.45, 2.75) is 6.92 Å². The number of anilines is 1. The predicted octanol–water partition coefficient (Wildman–Crippen LogP) is 0.662. The van der Waals surface area contributed by atoms with Crippen LogP contribution in [0.2, 0.25) is 0 Å². The van der Waals surface area contributed by atoms with Gasteiger partial charge in [-0.05, 0) is 18.6 Å². The third kappa shape index (κ3) is 8.25. The van der Waals surface area contributed by atoms with Gasteiger partial charge >= 0.3 is 0 Å². The smallest absolute Gasteiger partial charge is 0.269 e. The molecule has 0 aromatic heterocycles. The molecule has 1 aromatic carbocycles. The Labute approximate surface area is 146 Å². The third-order valence-electron chi connectivity index (χ3n) is 3.05. The van der Waals surface area contributed by atoms with E-state index in [1.54, 1.807) is 11.8 Å². The van der Waals surface area contributed by atoms with Crippen LogP contribution in [0.5, 0.6) is 0 Å². The van der Waals surface area contributed by atoms with Crippen LogP contribution in [0.25, 0.3) is 0 Å². The Hall–Kier alpha value is -1.76. The van der Waals surface area contributed by atoms with Crippen LogP contribution in [0, 0.1) is 17.0 Å². The second-order valence-electron chi connectivity index (χ2n) is 5.27. The summed E-state index contributed by atoms with van der Waals surface area (Å²) in [4.78, 5) is 11.9. The van der Waals surface area contributed by atoms with Gasteiger partial charge in [0.2, 0.25) is 0 Å². The highest BCUT2D eigenvalue weighted by atomic mass is 32.2. The van der Waals surface area contributed by atoms with E-state index in [1.807, 2.05) is 0 Å². The number of nitro groups is 1. The van der Waals surface area contributed by atoms with Gasteiger partial charge in [0.1, 0.15) is 0 Å². The Morgan fingerprint density at radius 3 is 1.88 bits per heavy atom. The van der Waals surface area contributed by atoms with Crippen molar-refractivity contribution >= 4 is 31.6 Å². The first-order valence-electron chi connectivity index (χ1n) is 7.08. The van der Waals surface area contributed by atoms with Crippen molar-refractivity contribution in [2.24, 2.45) is 0 Å². The molecule has 0 aliphatic rings. The maximum absolute atomic E-state index is 11.1. The monoisotopic (exact) mass is 396 g/mol. The van der Waals surface area contributed by atoms with Gasteiger partial charge in [0.25, 0.3) is 25.9 Å². The molecule has 0 bridgehead atoms. The maximum atomic E-state index is 11.1. The minimum atomic E-state index is -3.62. The molecule has 0 unspecified atom stereocenters. The summed E-state index contributed by atoms with van der Waals surface area (Å²) in [5.74, 6) is 0. The van der Waals surface area contributed by atoms with Gasteiger partial charge in [-0.2, -0.15) is 16.8 Å². The molecule has 0 saturated carbocycles. The number of hydrogen-bond acceptors (Lipinski definition) is 9. The largest absolute Gasteiger partial charge is 0.367 e. The molecule has 25 heavy (non-hydrogen) atoms. The predicted molar refractivity (Wildman–Crippen MR) is 91.6 cm³/mol. The summed E-state index contributed by atoms with van der Waals surface area (Å²) in [7, 11) is -7.23. The van der Waals surface area contributed by atoms with Crippen molar-refractivity contribution in [1.82, 2.24) is 0 Å². The number of hydrogen-bond donors (Lipinski definition) is 0. The van der Waals surface area contributed by atoms with Crippen LogP contribution in [-0.2, 0) is 28.6 Å². The van der Waals surface area contributed by atoms with Gasteiger partial charge in [0, 0.05) is 30.9 Å². The Balaban J connectivity index is 2.94. The van der Waals surface area contributed by atoms with Gasteiger partial charge in [-0.15, -0.1) is 0 Å². The lowest BCUT2D eigenvalue weighted by molar-refractivity contribution is -0.384. The van der Waals surface area contributed by atoms with Gasteiger partial charge in [-0.1, -0.05) is 0 Å². The summed E-state index contributed by atoms with van der Waals surface area (Å²) in [6.45, 7) is 1.59.